The Morgan fingerprint density at radius 1 is 0.460 bits per heavy atom. The largest absolute Gasteiger partial charge is 0.453 e. The van der Waals surface area contributed by atoms with Crippen molar-refractivity contribution in [2.75, 3.05) is 0 Å². The van der Waals surface area contributed by atoms with Gasteiger partial charge in [0.2, 0.25) is 0 Å². The molecule has 0 saturated carbocycles. The molecule has 9 aromatic rings. The number of nitrogens with zero attached hydrogens (tertiary/aromatic N) is 4. The molecule has 0 amide bonds. The zero-order valence-corrected chi connectivity index (χ0v) is 27.1. The molecular weight excluding hydrogens is 613 g/mol. The molecule has 1 aliphatic carbocycles. The maximum absolute atomic E-state index is 6.89. The molecule has 0 spiro atoms. The summed E-state index contributed by atoms with van der Waals surface area (Å²) in [5.41, 5.74) is 10.1. The lowest BCUT2D eigenvalue weighted by molar-refractivity contribution is 0.667. The van der Waals surface area contributed by atoms with E-state index < -0.39 is 0 Å². The summed E-state index contributed by atoms with van der Waals surface area (Å²) >= 11 is 0. The van der Waals surface area contributed by atoms with Crippen molar-refractivity contribution in [3.8, 4) is 39.6 Å². The van der Waals surface area contributed by atoms with Crippen LogP contribution in [-0.2, 0) is 0 Å². The van der Waals surface area contributed by atoms with Crippen molar-refractivity contribution in [2.24, 2.45) is 0 Å². The number of allylic oxidation sites excluding steroid dienone is 4. The van der Waals surface area contributed by atoms with Crippen LogP contribution in [0.2, 0.25) is 0 Å². The van der Waals surface area contributed by atoms with Gasteiger partial charge in [0.1, 0.15) is 5.58 Å². The second kappa shape index (κ2) is 11.5. The number of aromatic nitrogens is 4. The summed E-state index contributed by atoms with van der Waals surface area (Å²) in [5, 5.41) is 4.64. The Morgan fingerprint density at radius 3 is 1.74 bits per heavy atom. The molecular formula is C45H30N4O. The molecule has 0 fully saturated rings. The first-order chi connectivity index (χ1) is 24.8. The summed E-state index contributed by atoms with van der Waals surface area (Å²) in [6, 6.07) is 48.6. The van der Waals surface area contributed by atoms with Crippen molar-refractivity contribution >= 4 is 49.3 Å². The fourth-order valence-electron chi connectivity index (χ4n) is 7.32. The van der Waals surface area contributed by atoms with Gasteiger partial charge >= 0.3 is 0 Å². The van der Waals surface area contributed by atoms with Gasteiger partial charge in [0.15, 0.2) is 23.1 Å². The molecule has 0 aliphatic heterocycles. The molecule has 5 nitrogen and oxygen atoms in total. The highest BCUT2D eigenvalue weighted by Gasteiger charge is 2.19. The molecule has 6 aromatic carbocycles. The van der Waals surface area contributed by atoms with Crippen LogP contribution in [0.4, 0.5) is 0 Å². The van der Waals surface area contributed by atoms with Gasteiger partial charge in [-0.25, -0.2) is 15.0 Å². The summed E-state index contributed by atoms with van der Waals surface area (Å²) in [7, 11) is 0. The Labute approximate surface area is 288 Å². The van der Waals surface area contributed by atoms with Crippen LogP contribution < -0.4 is 0 Å². The zero-order valence-electron chi connectivity index (χ0n) is 27.1. The zero-order chi connectivity index (χ0) is 33.0. The lowest BCUT2D eigenvalue weighted by Gasteiger charge is -2.11. The molecule has 5 heteroatoms. The van der Waals surface area contributed by atoms with E-state index in [0.717, 1.165) is 79.3 Å². The fraction of sp³-hybridized carbons (Fsp3) is 0.0444. The van der Waals surface area contributed by atoms with Crippen molar-refractivity contribution in [3.05, 3.63) is 164 Å². The van der Waals surface area contributed by atoms with Crippen molar-refractivity contribution in [3.63, 3.8) is 0 Å². The summed E-state index contributed by atoms with van der Waals surface area (Å²) < 4.78 is 9.22. The Morgan fingerprint density at radius 2 is 1.04 bits per heavy atom. The predicted octanol–water partition coefficient (Wildman–Crippen LogP) is 11.6. The lowest BCUT2D eigenvalue weighted by Crippen LogP contribution is -2.03. The van der Waals surface area contributed by atoms with Gasteiger partial charge in [-0.15, -0.1) is 0 Å². The second-order valence-electron chi connectivity index (χ2n) is 12.7. The number of hydrogen-bond donors (Lipinski definition) is 0. The number of para-hydroxylation sites is 4. The second-order valence-corrected chi connectivity index (χ2v) is 12.7. The smallest absolute Gasteiger partial charge is 0.164 e. The molecule has 1 aliphatic rings. The lowest BCUT2D eigenvalue weighted by atomic mass is 10.0. The number of benzene rings is 6. The van der Waals surface area contributed by atoms with Gasteiger partial charge in [-0.2, -0.15) is 0 Å². The Balaban J connectivity index is 1.09. The molecule has 0 saturated heterocycles. The number of rotatable bonds is 5. The van der Waals surface area contributed by atoms with Crippen LogP contribution in [0.1, 0.15) is 18.7 Å². The van der Waals surface area contributed by atoms with Crippen molar-refractivity contribution in [2.45, 2.75) is 12.8 Å². The minimum Gasteiger partial charge on any atom is -0.453 e. The molecule has 0 radical (unpaired) electrons. The highest BCUT2D eigenvalue weighted by molar-refractivity contribution is 6.14. The molecule has 0 N–H and O–H groups in total. The Kier molecular flexibility index (Phi) is 6.56. The molecule has 3 aromatic heterocycles. The van der Waals surface area contributed by atoms with Gasteiger partial charge in [0.05, 0.1) is 16.7 Å². The average Bonchev–Trinajstić information content (AvgIpc) is 3.75. The van der Waals surface area contributed by atoms with E-state index in [1.165, 1.54) is 10.8 Å². The van der Waals surface area contributed by atoms with Crippen LogP contribution in [0.15, 0.2) is 162 Å². The molecule has 50 heavy (non-hydrogen) atoms. The van der Waals surface area contributed by atoms with Crippen molar-refractivity contribution in [1.82, 2.24) is 19.5 Å². The van der Waals surface area contributed by atoms with Gasteiger partial charge in [0, 0.05) is 43.8 Å². The number of fused-ring (bicyclic) bond motifs is 6. The molecule has 0 atom stereocenters. The van der Waals surface area contributed by atoms with E-state index in [2.05, 4.69) is 132 Å². The summed E-state index contributed by atoms with van der Waals surface area (Å²) in [5.74, 6) is 2.01. The molecule has 0 bridgehead atoms. The fourth-order valence-corrected chi connectivity index (χ4v) is 7.32. The van der Waals surface area contributed by atoms with Gasteiger partial charge in [0.25, 0.3) is 0 Å². The summed E-state index contributed by atoms with van der Waals surface area (Å²) in [6.45, 7) is 0. The monoisotopic (exact) mass is 642 g/mol. The summed E-state index contributed by atoms with van der Waals surface area (Å²) in [4.78, 5) is 14.8. The maximum Gasteiger partial charge on any atom is 0.164 e. The van der Waals surface area contributed by atoms with Crippen molar-refractivity contribution in [1.29, 1.82) is 0 Å². The SMILES string of the molecule is C1=CC(c2nc(-c3ccccc3)nc(-c3ccc(-c4cccc5c4oc4c(-n6c7ccccc7c7ccccc76)cccc45)cc3)n2)=CCC1. The van der Waals surface area contributed by atoms with E-state index >= 15 is 0 Å². The highest BCUT2D eigenvalue weighted by atomic mass is 16.3. The van der Waals surface area contributed by atoms with E-state index in [1.54, 1.807) is 0 Å². The van der Waals surface area contributed by atoms with E-state index in [0.29, 0.717) is 17.5 Å². The van der Waals surface area contributed by atoms with E-state index in [1.807, 2.05) is 30.3 Å². The minimum absolute atomic E-state index is 0.651. The highest BCUT2D eigenvalue weighted by Crippen LogP contribution is 2.41. The number of hydrogen-bond acceptors (Lipinski definition) is 4. The topological polar surface area (TPSA) is 56.7 Å². The quantitative estimate of drug-likeness (QED) is 0.187. The maximum atomic E-state index is 6.89. The van der Waals surface area contributed by atoms with E-state index in [4.69, 9.17) is 19.4 Å². The minimum atomic E-state index is 0.651. The van der Waals surface area contributed by atoms with E-state index in [9.17, 15) is 0 Å². The van der Waals surface area contributed by atoms with Gasteiger partial charge < -0.3 is 8.98 Å². The standard InChI is InChI=1S/C45H30N4O/c1-3-13-30(14-4-1)43-46-44(31-15-5-2-6-16-31)48-45(47-43)32-27-25-29(26-28-32)33-19-11-20-36-37-21-12-24-40(42(37)50-41(33)36)49-38-22-9-7-17-34(38)35-18-8-10-23-39(35)49/h1,3-5,7-28H,2,6H2. The van der Waals surface area contributed by atoms with Crippen molar-refractivity contribution < 1.29 is 4.42 Å². The van der Waals surface area contributed by atoms with Crippen LogP contribution in [0.5, 0.6) is 0 Å². The van der Waals surface area contributed by atoms with Gasteiger partial charge in [-0.3, -0.25) is 0 Å². The first-order valence-electron chi connectivity index (χ1n) is 17.0. The van der Waals surface area contributed by atoms with Crippen LogP contribution in [-0.4, -0.2) is 19.5 Å². The summed E-state index contributed by atoms with van der Waals surface area (Å²) in [6.07, 6.45) is 8.52. The molecule has 10 rings (SSSR count). The van der Waals surface area contributed by atoms with E-state index in [-0.39, 0.29) is 0 Å². The predicted molar refractivity (Wildman–Crippen MR) is 204 cm³/mol. The first kappa shape index (κ1) is 28.4. The van der Waals surface area contributed by atoms with Crippen LogP contribution >= 0.6 is 0 Å². The van der Waals surface area contributed by atoms with Gasteiger partial charge in [-0.05, 0) is 36.6 Å². The molecule has 236 valence electrons. The molecule has 0 unspecified atom stereocenters. The number of furan rings is 1. The molecule has 3 heterocycles. The van der Waals surface area contributed by atoms with Gasteiger partial charge in [-0.1, -0.05) is 140 Å². The third kappa shape index (κ3) is 4.59. The van der Waals surface area contributed by atoms with Crippen LogP contribution in [0.3, 0.4) is 0 Å². The average molecular weight is 643 g/mol. The Hall–Kier alpha value is -6.59. The third-order valence-corrected chi connectivity index (χ3v) is 9.70. The normalized spacial score (nSPS) is 13.1. The van der Waals surface area contributed by atoms with Crippen LogP contribution in [0.25, 0.3) is 88.9 Å². The Bertz CT molecular complexity index is 2750. The first-order valence-corrected chi connectivity index (χ1v) is 17.0. The van der Waals surface area contributed by atoms with Crippen LogP contribution in [0, 0.1) is 0 Å². The third-order valence-electron chi connectivity index (χ3n) is 9.70.